The molecule has 4 aromatic rings. The molecule has 0 aliphatic heterocycles. The molecular formula is C19H14N4O4. The maximum Gasteiger partial charge on any atom is 0.418 e. The van der Waals surface area contributed by atoms with Gasteiger partial charge < -0.3 is 13.9 Å². The number of hydrogen-bond acceptors (Lipinski definition) is 7. The quantitative estimate of drug-likeness (QED) is 0.587. The maximum atomic E-state index is 12.1. The largest absolute Gasteiger partial charge is 0.497 e. The maximum absolute atomic E-state index is 12.1. The first-order valence-corrected chi connectivity index (χ1v) is 8.02. The van der Waals surface area contributed by atoms with Crippen molar-refractivity contribution in [2.24, 2.45) is 0 Å². The van der Waals surface area contributed by atoms with Crippen molar-refractivity contribution in [1.82, 2.24) is 15.0 Å². The Morgan fingerprint density at radius 1 is 1.04 bits per heavy atom. The van der Waals surface area contributed by atoms with Crippen LogP contribution in [0.25, 0.3) is 22.7 Å². The Balaban J connectivity index is 1.49. The zero-order valence-electron chi connectivity index (χ0n) is 14.2. The van der Waals surface area contributed by atoms with Crippen molar-refractivity contribution in [3.8, 4) is 23.0 Å². The van der Waals surface area contributed by atoms with Gasteiger partial charge in [-0.1, -0.05) is 0 Å². The minimum atomic E-state index is -0.663. The number of rotatable bonds is 4. The van der Waals surface area contributed by atoms with Crippen LogP contribution >= 0.6 is 0 Å². The van der Waals surface area contributed by atoms with Crippen molar-refractivity contribution >= 4 is 23.1 Å². The summed E-state index contributed by atoms with van der Waals surface area (Å²) in [5, 5.41) is 2.57. The Hall–Kier alpha value is -3.94. The average Bonchev–Trinajstić information content (AvgIpc) is 3.13. The smallest absolute Gasteiger partial charge is 0.418 e. The number of carbonyl (C=O) groups is 1. The van der Waals surface area contributed by atoms with Crippen LogP contribution in [0.1, 0.15) is 0 Å². The number of anilines is 1. The highest BCUT2D eigenvalue weighted by molar-refractivity contribution is 5.86. The molecule has 0 saturated heterocycles. The number of nitrogens with zero attached hydrogens (tertiary/aromatic N) is 3. The van der Waals surface area contributed by atoms with Crippen LogP contribution in [0.5, 0.6) is 11.5 Å². The minimum absolute atomic E-state index is 0.307. The normalized spacial score (nSPS) is 10.6. The Labute approximate surface area is 153 Å². The molecule has 8 heteroatoms. The van der Waals surface area contributed by atoms with E-state index < -0.39 is 6.09 Å². The van der Waals surface area contributed by atoms with Crippen LogP contribution in [0.2, 0.25) is 0 Å². The van der Waals surface area contributed by atoms with Gasteiger partial charge in [0.05, 0.1) is 7.11 Å². The SMILES string of the molecule is COc1ccc(OC(=O)Nc2cc(-c3nc4ncccc4o3)ccn2)cc1. The minimum Gasteiger partial charge on any atom is -0.497 e. The number of hydrogen-bond donors (Lipinski definition) is 1. The molecular weight excluding hydrogens is 348 g/mol. The highest BCUT2D eigenvalue weighted by Gasteiger charge is 2.11. The molecule has 0 fully saturated rings. The van der Waals surface area contributed by atoms with Gasteiger partial charge in [-0.05, 0) is 48.5 Å². The molecule has 3 heterocycles. The van der Waals surface area contributed by atoms with Gasteiger partial charge in [-0.15, -0.1) is 0 Å². The van der Waals surface area contributed by atoms with E-state index in [0.717, 1.165) is 0 Å². The highest BCUT2D eigenvalue weighted by Crippen LogP contribution is 2.24. The van der Waals surface area contributed by atoms with Crippen LogP contribution in [-0.2, 0) is 0 Å². The van der Waals surface area contributed by atoms with Crippen molar-refractivity contribution in [2.75, 3.05) is 12.4 Å². The van der Waals surface area contributed by atoms with Gasteiger partial charge in [-0.25, -0.2) is 14.8 Å². The number of amides is 1. The lowest BCUT2D eigenvalue weighted by atomic mass is 10.2. The van der Waals surface area contributed by atoms with E-state index in [-0.39, 0.29) is 0 Å². The summed E-state index contributed by atoms with van der Waals surface area (Å²) in [6.45, 7) is 0. The molecule has 0 atom stereocenters. The van der Waals surface area contributed by atoms with E-state index >= 15 is 0 Å². The first-order valence-electron chi connectivity index (χ1n) is 8.02. The van der Waals surface area contributed by atoms with Crippen LogP contribution in [0.4, 0.5) is 10.6 Å². The standard InChI is InChI=1S/C19H14N4O4/c1-25-13-4-6-14(7-5-13)26-19(24)22-16-11-12(8-10-20-16)18-23-17-15(27-18)3-2-9-21-17/h2-11H,1H3,(H,20,22,24). The van der Waals surface area contributed by atoms with Crippen molar-refractivity contribution in [3.63, 3.8) is 0 Å². The molecule has 0 radical (unpaired) electrons. The number of aromatic nitrogens is 3. The fourth-order valence-corrected chi connectivity index (χ4v) is 2.41. The van der Waals surface area contributed by atoms with Crippen LogP contribution in [0.3, 0.4) is 0 Å². The number of fused-ring (bicyclic) bond motifs is 1. The summed E-state index contributed by atoms with van der Waals surface area (Å²) in [5.74, 6) is 1.75. The van der Waals surface area contributed by atoms with E-state index in [9.17, 15) is 4.79 Å². The van der Waals surface area contributed by atoms with Gasteiger partial charge in [-0.2, -0.15) is 4.98 Å². The second-order valence-corrected chi connectivity index (χ2v) is 5.46. The second-order valence-electron chi connectivity index (χ2n) is 5.46. The summed E-state index contributed by atoms with van der Waals surface area (Å²) in [4.78, 5) is 24.6. The molecule has 8 nitrogen and oxygen atoms in total. The van der Waals surface area contributed by atoms with Gasteiger partial charge in [-0.3, -0.25) is 5.32 Å². The molecule has 1 amide bonds. The summed E-state index contributed by atoms with van der Waals surface area (Å²) < 4.78 is 16.0. The highest BCUT2D eigenvalue weighted by atomic mass is 16.6. The van der Waals surface area contributed by atoms with Crippen LogP contribution < -0.4 is 14.8 Å². The topological polar surface area (TPSA) is 99.4 Å². The number of nitrogens with one attached hydrogen (secondary N) is 1. The first-order chi connectivity index (χ1) is 13.2. The molecule has 0 saturated carbocycles. The summed E-state index contributed by atoms with van der Waals surface area (Å²) >= 11 is 0. The number of methoxy groups -OCH3 is 1. The Morgan fingerprint density at radius 3 is 2.63 bits per heavy atom. The number of ether oxygens (including phenoxy) is 2. The van der Waals surface area contributed by atoms with E-state index in [1.165, 1.54) is 0 Å². The van der Waals surface area contributed by atoms with E-state index in [1.54, 1.807) is 68.0 Å². The summed E-state index contributed by atoms with van der Waals surface area (Å²) in [5.41, 5.74) is 1.75. The Kier molecular flexibility index (Phi) is 4.36. The number of pyridine rings is 2. The predicted octanol–water partition coefficient (Wildman–Crippen LogP) is 3.90. The monoisotopic (exact) mass is 362 g/mol. The molecule has 4 rings (SSSR count). The molecule has 0 bridgehead atoms. The molecule has 1 N–H and O–H groups in total. The van der Waals surface area contributed by atoms with Gasteiger partial charge in [0.25, 0.3) is 0 Å². The van der Waals surface area contributed by atoms with Gasteiger partial charge in [0, 0.05) is 18.0 Å². The van der Waals surface area contributed by atoms with Gasteiger partial charge in [0.15, 0.2) is 11.2 Å². The third-order valence-electron chi connectivity index (χ3n) is 3.67. The lowest BCUT2D eigenvalue weighted by Crippen LogP contribution is -2.17. The third kappa shape index (κ3) is 3.69. The predicted molar refractivity (Wildman–Crippen MR) is 97.7 cm³/mol. The second kappa shape index (κ2) is 7.12. The third-order valence-corrected chi connectivity index (χ3v) is 3.67. The fraction of sp³-hybridized carbons (Fsp3) is 0.0526. The number of benzene rings is 1. The molecule has 134 valence electrons. The number of oxazole rings is 1. The molecule has 0 aliphatic carbocycles. The van der Waals surface area contributed by atoms with E-state index in [2.05, 4.69) is 20.3 Å². The summed E-state index contributed by atoms with van der Waals surface area (Å²) in [7, 11) is 1.56. The van der Waals surface area contributed by atoms with Crippen LogP contribution in [0.15, 0.2) is 65.3 Å². The fourth-order valence-electron chi connectivity index (χ4n) is 2.41. The average molecular weight is 362 g/mol. The van der Waals surface area contributed by atoms with Crippen LogP contribution in [-0.4, -0.2) is 28.2 Å². The summed E-state index contributed by atoms with van der Waals surface area (Å²) in [6, 6.07) is 13.6. The van der Waals surface area contributed by atoms with Crippen LogP contribution in [0, 0.1) is 0 Å². The van der Waals surface area contributed by atoms with Gasteiger partial charge >= 0.3 is 6.09 Å². The van der Waals surface area contributed by atoms with Gasteiger partial charge in [0.1, 0.15) is 17.3 Å². The van der Waals surface area contributed by atoms with E-state index in [4.69, 9.17) is 13.9 Å². The Morgan fingerprint density at radius 2 is 1.85 bits per heavy atom. The Bertz CT molecular complexity index is 1060. The van der Waals surface area contributed by atoms with E-state index in [0.29, 0.717) is 40.0 Å². The molecule has 1 aromatic carbocycles. The first kappa shape index (κ1) is 16.5. The van der Waals surface area contributed by atoms with Crippen molar-refractivity contribution < 1.29 is 18.7 Å². The molecule has 3 aromatic heterocycles. The zero-order valence-corrected chi connectivity index (χ0v) is 14.2. The lowest BCUT2D eigenvalue weighted by molar-refractivity contribution is 0.215. The van der Waals surface area contributed by atoms with Crippen molar-refractivity contribution in [3.05, 3.63) is 60.9 Å². The van der Waals surface area contributed by atoms with Gasteiger partial charge in [0.2, 0.25) is 5.89 Å². The van der Waals surface area contributed by atoms with Crippen molar-refractivity contribution in [2.45, 2.75) is 0 Å². The lowest BCUT2D eigenvalue weighted by Gasteiger charge is -2.07. The van der Waals surface area contributed by atoms with Crippen molar-refractivity contribution in [1.29, 1.82) is 0 Å². The number of carbonyl (C=O) groups excluding carboxylic acids is 1. The molecule has 0 unspecified atom stereocenters. The molecule has 0 spiro atoms. The molecule has 27 heavy (non-hydrogen) atoms. The molecule has 0 aliphatic rings. The summed E-state index contributed by atoms with van der Waals surface area (Å²) in [6.07, 6.45) is 2.52. The zero-order chi connectivity index (χ0) is 18.6. The van der Waals surface area contributed by atoms with E-state index in [1.807, 2.05) is 0 Å².